The van der Waals surface area contributed by atoms with Gasteiger partial charge in [0.2, 0.25) is 0 Å². The first-order valence-electron chi connectivity index (χ1n) is 21.0. The summed E-state index contributed by atoms with van der Waals surface area (Å²) >= 11 is 0. The van der Waals surface area contributed by atoms with E-state index in [4.69, 9.17) is 18.9 Å². The Balaban J connectivity index is 1.16. The Morgan fingerprint density at radius 3 is 1.35 bits per heavy atom. The molecule has 0 N–H and O–H groups in total. The molecule has 6 aromatic carbocycles. The number of fused-ring (bicyclic) bond motifs is 8. The third kappa shape index (κ3) is 9.70. The van der Waals surface area contributed by atoms with E-state index in [0.29, 0.717) is 25.0 Å². The quantitative estimate of drug-likeness (QED) is 0.178. The second-order valence-corrected chi connectivity index (χ2v) is 16.9. The second kappa shape index (κ2) is 17.8. The molecule has 0 aliphatic carbocycles. The van der Waals surface area contributed by atoms with Crippen LogP contribution in [0.2, 0.25) is 0 Å². The Kier molecular flexibility index (Phi) is 12.2. The van der Waals surface area contributed by atoms with Crippen LogP contribution in [0.1, 0.15) is 51.7 Å². The molecule has 0 radical (unpaired) electrons. The number of hydrogen-bond donors (Lipinski definition) is 0. The van der Waals surface area contributed by atoms with Crippen LogP contribution in [0.3, 0.4) is 0 Å². The molecule has 6 nitrogen and oxygen atoms in total. The molecule has 0 spiro atoms. The van der Waals surface area contributed by atoms with Crippen molar-refractivity contribution in [2.75, 3.05) is 39.4 Å². The van der Waals surface area contributed by atoms with Crippen molar-refractivity contribution >= 4 is 21.5 Å². The minimum absolute atomic E-state index is 0.0635. The minimum atomic E-state index is -0.654. The van der Waals surface area contributed by atoms with Crippen LogP contribution in [-0.2, 0) is 22.6 Å². The zero-order valence-electron chi connectivity index (χ0n) is 34.1. The first-order chi connectivity index (χ1) is 27.8. The average molecular weight is 763 g/mol. The summed E-state index contributed by atoms with van der Waals surface area (Å²) in [6.07, 6.45) is 1.84. The lowest BCUT2D eigenvalue weighted by Crippen LogP contribution is -2.44. The van der Waals surface area contributed by atoms with Gasteiger partial charge < -0.3 is 18.9 Å². The number of benzene rings is 6. The van der Waals surface area contributed by atoms with E-state index in [2.05, 4.69) is 171 Å². The summed E-state index contributed by atoms with van der Waals surface area (Å²) < 4.78 is 27.3. The molecule has 6 heteroatoms. The molecule has 0 saturated carbocycles. The predicted molar refractivity (Wildman–Crippen MR) is 233 cm³/mol. The van der Waals surface area contributed by atoms with E-state index in [1.54, 1.807) is 0 Å². The molecule has 2 aliphatic heterocycles. The first-order valence-corrected chi connectivity index (χ1v) is 21.0. The monoisotopic (exact) mass is 762 g/mol. The first kappa shape index (κ1) is 39.1. The maximum atomic E-state index is 6.90. The van der Waals surface area contributed by atoms with Crippen LogP contribution in [0.4, 0.5) is 0 Å². The third-order valence-corrected chi connectivity index (χ3v) is 11.6. The lowest BCUT2D eigenvalue weighted by molar-refractivity contribution is -0.149. The third-order valence-electron chi connectivity index (χ3n) is 11.6. The summed E-state index contributed by atoms with van der Waals surface area (Å²) in [6.45, 7) is 15.1. The van der Waals surface area contributed by atoms with Crippen molar-refractivity contribution in [1.29, 1.82) is 0 Å². The maximum Gasteiger partial charge on any atom is 0.163 e. The second-order valence-electron chi connectivity index (χ2n) is 16.9. The number of hydrogen-bond acceptors (Lipinski definition) is 6. The normalized spacial score (nSPS) is 22.8. The zero-order valence-corrected chi connectivity index (χ0v) is 34.1. The SMILES string of the molecule is CC1CCN(Cc2ccccc2)C[C@@H]2OC(C)(C)O[C@H]2CN(Cc2ccccc2)CCC(C)COc2ccc3ccccc3c2-c2c(ccc3ccccc23)OC1. The lowest BCUT2D eigenvalue weighted by atomic mass is 9.92. The summed E-state index contributed by atoms with van der Waals surface area (Å²) in [6, 6.07) is 47.6. The van der Waals surface area contributed by atoms with E-state index >= 15 is 0 Å². The molecule has 57 heavy (non-hydrogen) atoms. The van der Waals surface area contributed by atoms with Gasteiger partial charge in [0.15, 0.2) is 5.79 Å². The molecule has 4 atom stereocenters. The smallest absolute Gasteiger partial charge is 0.163 e. The van der Waals surface area contributed by atoms with Gasteiger partial charge in [-0.25, -0.2) is 0 Å². The van der Waals surface area contributed by atoms with Crippen LogP contribution in [0.25, 0.3) is 32.7 Å². The van der Waals surface area contributed by atoms with Gasteiger partial charge in [0.05, 0.1) is 13.2 Å². The summed E-state index contributed by atoms with van der Waals surface area (Å²) in [5, 5.41) is 4.70. The summed E-state index contributed by atoms with van der Waals surface area (Å²) in [5.74, 6) is 1.75. The van der Waals surface area contributed by atoms with Gasteiger partial charge in [0.1, 0.15) is 23.7 Å². The Morgan fingerprint density at radius 2 is 0.912 bits per heavy atom. The van der Waals surface area contributed by atoms with E-state index in [0.717, 1.165) is 74.7 Å². The van der Waals surface area contributed by atoms with Crippen LogP contribution in [0.15, 0.2) is 133 Å². The van der Waals surface area contributed by atoms with E-state index < -0.39 is 5.79 Å². The Bertz CT molecular complexity index is 2070. The molecular formula is C51H58N2O4. The molecule has 0 bridgehead atoms. The van der Waals surface area contributed by atoms with Gasteiger partial charge in [-0.2, -0.15) is 0 Å². The van der Waals surface area contributed by atoms with E-state index in [1.807, 2.05) is 0 Å². The zero-order chi connectivity index (χ0) is 39.2. The standard InChI is InChI=1S/C51H58N2O4/c1-37-27-29-52(31-39-15-7-5-8-16-39)33-47-48(57-51(3,4)56-47)34-53(32-40-17-9-6-10-18-40)30-28-38(2)36-55-46-26-24-42-20-12-14-22-44(42)50(46)49-43-21-13-11-19-41(43)23-25-45(49)54-35-37/h5-26,37-38,47-48H,27-36H2,1-4H3/t37?,38?,47-,48-/m0/s1. The van der Waals surface area contributed by atoms with Crippen molar-refractivity contribution in [3.8, 4) is 22.6 Å². The van der Waals surface area contributed by atoms with Crippen molar-refractivity contribution in [2.45, 2.75) is 71.6 Å². The van der Waals surface area contributed by atoms with Crippen molar-refractivity contribution in [1.82, 2.24) is 9.80 Å². The Labute approximate surface area is 339 Å². The van der Waals surface area contributed by atoms with E-state index in [1.165, 1.54) is 32.7 Å². The molecule has 0 aromatic heterocycles. The highest BCUT2D eigenvalue weighted by atomic mass is 16.8. The largest absolute Gasteiger partial charge is 0.493 e. The number of ether oxygens (including phenoxy) is 4. The van der Waals surface area contributed by atoms with Crippen LogP contribution in [0.5, 0.6) is 11.5 Å². The fourth-order valence-corrected chi connectivity index (χ4v) is 8.58. The Morgan fingerprint density at radius 1 is 0.509 bits per heavy atom. The summed E-state index contributed by atoms with van der Waals surface area (Å²) in [4.78, 5) is 5.13. The number of rotatable bonds is 4. The topological polar surface area (TPSA) is 43.4 Å². The predicted octanol–water partition coefficient (Wildman–Crippen LogP) is 11.0. The van der Waals surface area contributed by atoms with Crippen LogP contribution < -0.4 is 9.47 Å². The fourth-order valence-electron chi connectivity index (χ4n) is 8.58. The average Bonchev–Trinajstić information content (AvgIpc) is 3.51. The van der Waals surface area contributed by atoms with Gasteiger partial charge in [-0.3, -0.25) is 9.80 Å². The van der Waals surface area contributed by atoms with Gasteiger partial charge in [-0.05, 0) is 96.4 Å². The minimum Gasteiger partial charge on any atom is -0.493 e. The van der Waals surface area contributed by atoms with E-state index in [-0.39, 0.29) is 12.2 Å². The highest BCUT2D eigenvalue weighted by molar-refractivity contribution is 6.09. The van der Waals surface area contributed by atoms with Crippen molar-refractivity contribution in [3.05, 3.63) is 145 Å². The van der Waals surface area contributed by atoms with Gasteiger partial charge in [0.25, 0.3) is 0 Å². The van der Waals surface area contributed by atoms with Gasteiger partial charge >= 0.3 is 0 Å². The molecule has 296 valence electrons. The molecule has 2 unspecified atom stereocenters. The molecule has 2 aliphatic rings. The number of nitrogens with zero attached hydrogens (tertiary/aromatic N) is 2. The molecule has 8 rings (SSSR count). The molecule has 0 amide bonds. The highest BCUT2D eigenvalue weighted by Gasteiger charge is 2.42. The fraction of sp³-hybridized carbons (Fsp3) is 0.373. The van der Waals surface area contributed by atoms with Crippen molar-refractivity contribution < 1.29 is 18.9 Å². The van der Waals surface area contributed by atoms with Crippen LogP contribution >= 0.6 is 0 Å². The summed E-state index contributed by atoms with van der Waals surface area (Å²) in [5.41, 5.74) is 4.81. The van der Waals surface area contributed by atoms with Crippen molar-refractivity contribution in [3.63, 3.8) is 0 Å². The molecular weight excluding hydrogens is 705 g/mol. The molecule has 6 aromatic rings. The maximum absolute atomic E-state index is 6.90. The lowest BCUT2D eigenvalue weighted by Gasteiger charge is -2.31. The van der Waals surface area contributed by atoms with Gasteiger partial charge in [0, 0.05) is 37.3 Å². The molecule has 2 heterocycles. The summed E-state index contributed by atoms with van der Waals surface area (Å²) in [7, 11) is 0. The van der Waals surface area contributed by atoms with Gasteiger partial charge in [-0.1, -0.05) is 135 Å². The van der Waals surface area contributed by atoms with Crippen LogP contribution in [0, 0.1) is 11.8 Å². The van der Waals surface area contributed by atoms with Crippen molar-refractivity contribution in [2.24, 2.45) is 11.8 Å². The Hall–Kier alpha value is -4.72. The molecule has 1 fully saturated rings. The highest BCUT2D eigenvalue weighted by Crippen LogP contribution is 2.46. The van der Waals surface area contributed by atoms with Crippen LogP contribution in [-0.4, -0.2) is 67.2 Å². The molecule has 1 saturated heterocycles. The van der Waals surface area contributed by atoms with E-state index in [9.17, 15) is 0 Å². The van der Waals surface area contributed by atoms with Gasteiger partial charge in [-0.15, -0.1) is 0 Å².